The molecule has 1 aliphatic rings. The van der Waals surface area contributed by atoms with Gasteiger partial charge < -0.3 is 5.32 Å². The Morgan fingerprint density at radius 1 is 1.21 bits per heavy atom. The van der Waals surface area contributed by atoms with Crippen LogP contribution in [0.1, 0.15) is 26.9 Å². The van der Waals surface area contributed by atoms with Crippen LogP contribution in [0.3, 0.4) is 0 Å². The van der Waals surface area contributed by atoms with Gasteiger partial charge in [0.15, 0.2) is 0 Å². The minimum absolute atomic E-state index is 0.169. The molecule has 0 saturated carbocycles. The van der Waals surface area contributed by atoms with Gasteiger partial charge in [0.1, 0.15) is 0 Å². The molecule has 3 rings (SSSR count). The Kier molecular flexibility index (Phi) is 6.44. The van der Waals surface area contributed by atoms with E-state index >= 15 is 0 Å². The lowest BCUT2D eigenvalue weighted by Gasteiger charge is -2.21. The molecule has 0 bridgehead atoms. The number of thioether (sulfide) groups is 3. The lowest BCUT2D eigenvalue weighted by molar-refractivity contribution is 0.102. The van der Waals surface area contributed by atoms with Crippen molar-refractivity contribution in [2.75, 3.05) is 23.1 Å². The van der Waals surface area contributed by atoms with Gasteiger partial charge in [-0.05, 0) is 60.1 Å². The van der Waals surface area contributed by atoms with Crippen molar-refractivity contribution in [3.05, 3.63) is 58.6 Å². The number of carbonyl (C=O) groups is 1. The molecular weight excluding hydrogens is 378 g/mol. The highest BCUT2D eigenvalue weighted by atomic mass is 35.5. The van der Waals surface area contributed by atoms with E-state index in [9.17, 15) is 4.79 Å². The predicted molar refractivity (Wildman–Crippen MR) is 110 cm³/mol. The molecule has 24 heavy (non-hydrogen) atoms. The van der Waals surface area contributed by atoms with Gasteiger partial charge in [-0.1, -0.05) is 23.7 Å². The quantitative estimate of drug-likeness (QED) is 0.625. The minimum Gasteiger partial charge on any atom is -0.322 e. The summed E-state index contributed by atoms with van der Waals surface area (Å²) in [7, 11) is 0. The third kappa shape index (κ3) is 4.45. The molecule has 2 aromatic rings. The number of hydrogen-bond acceptors (Lipinski definition) is 4. The van der Waals surface area contributed by atoms with Gasteiger partial charge >= 0.3 is 0 Å². The molecule has 1 amide bonds. The monoisotopic (exact) mass is 395 g/mol. The van der Waals surface area contributed by atoms with Crippen LogP contribution < -0.4 is 5.32 Å². The molecule has 1 N–H and O–H groups in total. The average Bonchev–Trinajstić information content (AvgIpc) is 2.63. The number of benzene rings is 2. The van der Waals surface area contributed by atoms with E-state index in [0.29, 0.717) is 15.2 Å². The van der Waals surface area contributed by atoms with Crippen LogP contribution in [0.15, 0.2) is 47.4 Å². The van der Waals surface area contributed by atoms with Crippen LogP contribution in [0.4, 0.5) is 5.69 Å². The molecule has 0 spiro atoms. The standard InChI is InChI=1S/C18H18ClNOS3/c1-22-14-6-7-16(19)15(11-14)17(21)20-13-5-2-4-12(10-13)18-23-8-3-9-24-18/h2,4-7,10-11,18H,3,8-9H2,1H3,(H,20,21). The van der Waals surface area contributed by atoms with Gasteiger partial charge in [0.05, 0.1) is 15.2 Å². The van der Waals surface area contributed by atoms with Crippen LogP contribution in [0.2, 0.25) is 5.02 Å². The first-order valence-corrected chi connectivity index (χ1v) is 11.4. The number of halogens is 1. The van der Waals surface area contributed by atoms with Crippen molar-refractivity contribution < 1.29 is 4.79 Å². The van der Waals surface area contributed by atoms with Gasteiger partial charge in [-0.25, -0.2) is 0 Å². The number of nitrogens with one attached hydrogen (secondary N) is 1. The van der Waals surface area contributed by atoms with Crippen molar-refractivity contribution in [2.24, 2.45) is 0 Å². The van der Waals surface area contributed by atoms with Crippen LogP contribution in [-0.2, 0) is 0 Å². The van der Waals surface area contributed by atoms with E-state index in [1.807, 2.05) is 54.0 Å². The van der Waals surface area contributed by atoms with Crippen LogP contribution >= 0.6 is 46.9 Å². The van der Waals surface area contributed by atoms with Crippen LogP contribution in [0.5, 0.6) is 0 Å². The average molecular weight is 396 g/mol. The van der Waals surface area contributed by atoms with Crippen molar-refractivity contribution in [1.82, 2.24) is 0 Å². The molecule has 1 heterocycles. The lowest BCUT2D eigenvalue weighted by Crippen LogP contribution is -2.13. The summed E-state index contributed by atoms with van der Waals surface area (Å²) in [6.45, 7) is 0. The molecule has 2 nitrogen and oxygen atoms in total. The van der Waals surface area contributed by atoms with Crippen molar-refractivity contribution in [3.8, 4) is 0 Å². The van der Waals surface area contributed by atoms with Gasteiger partial charge in [0, 0.05) is 10.6 Å². The third-order valence-corrected chi connectivity index (χ3v) is 7.73. The summed E-state index contributed by atoms with van der Waals surface area (Å²) >= 11 is 11.7. The first-order valence-electron chi connectivity index (χ1n) is 7.65. The third-order valence-electron chi connectivity index (χ3n) is 3.66. The molecule has 1 saturated heterocycles. The van der Waals surface area contributed by atoms with E-state index in [1.165, 1.54) is 23.5 Å². The summed E-state index contributed by atoms with van der Waals surface area (Å²) in [4.78, 5) is 13.6. The van der Waals surface area contributed by atoms with Gasteiger partial charge in [0.2, 0.25) is 0 Å². The van der Waals surface area contributed by atoms with E-state index in [-0.39, 0.29) is 5.91 Å². The smallest absolute Gasteiger partial charge is 0.257 e. The van der Waals surface area contributed by atoms with Gasteiger partial charge in [-0.15, -0.1) is 35.3 Å². The molecule has 1 aliphatic heterocycles. The second-order valence-corrected chi connectivity index (χ2v) is 9.36. The van der Waals surface area contributed by atoms with Gasteiger partial charge in [-0.3, -0.25) is 4.79 Å². The molecule has 6 heteroatoms. The summed E-state index contributed by atoms with van der Waals surface area (Å²) in [5.41, 5.74) is 2.58. The van der Waals surface area contributed by atoms with Crippen molar-refractivity contribution >= 4 is 58.5 Å². The van der Waals surface area contributed by atoms with Gasteiger partial charge in [-0.2, -0.15) is 0 Å². The van der Waals surface area contributed by atoms with E-state index in [0.717, 1.165) is 10.6 Å². The summed E-state index contributed by atoms with van der Waals surface area (Å²) in [5, 5.41) is 3.45. The van der Waals surface area contributed by atoms with Crippen LogP contribution in [0.25, 0.3) is 0 Å². The van der Waals surface area contributed by atoms with Gasteiger partial charge in [0.25, 0.3) is 5.91 Å². The summed E-state index contributed by atoms with van der Waals surface area (Å²) < 4.78 is 0.457. The highest BCUT2D eigenvalue weighted by molar-refractivity contribution is 8.16. The number of anilines is 1. The maximum atomic E-state index is 12.6. The molecule has 0 aromatic heterocycles. The molecule has 0 unspecified atom stereocenters. The normalized spacial score (nSPS) is 15.2. The topological polar surface area (TPSA) is 29.1 Å². The molecular formula is C18H18ClNOS3. The summed E-state index contributed by atoms with van der Waals surface area (Å²) in [6, 6.07) is 13.6. The zero-order chi connectivity index (χ0) is 16.9. The zero-order valence-electron chi connectivity index (χ0n) is 13.3. The maximum absolute atomic E-state index is 12.6. The SMILES string of the molecule is CSc1ccc(Cl)c(C(=O)Nc2cccc(C3SCCCS3)c2)c1. The minimum atomic E-state index is -0.169. The molecule has 0 atom stereocenters. The van der Waals surface area contributed by atoms with E-state index in [2.05, 4.69) is 17.4 Å². The van der Waals surface area contributed by atoms with Crippen molar-refractivity contribution in [1.29, 1.82) is 0 Å². The largest absolute Gasteiger partial charge is 0.322 e. The lowest BCUT2D eigenvalue weighted by atomic mass is 10.2. The Labute approximate surface area is 160 Å². The number of rotatable bonds is 4. The number of hydrogen-bond donors (Lipinski definition) is 1. The molecule has 2 aromatic carbocycles. The summed E-state index contributed by atoms with van der Waals surface area (Å²) in [6.07, 6.45) is 3.25. The predicted octanol–water partition coefficient (Wildman–Crippen LogP) is 6.18. The Bertz CT molecular complexity index is 732. The second kappa shape index (κ2) is 8.56. The van der Waals surface area contributed by atoms with Crippen LogP contribution in [-0.4, -0.2) is 23.7 Å². The van der Waals surface area contributed by atoms with E-state index in [4.69, 9.17) is 11.6 Å². The number of amides is 1. The maximum Gasteiger partial charge on any atom is 0.257 e. The van der Waals surface area contributed by atoms with Crippen LogP contribution in [0, 0.1) is 0 Å². The fourth-order valence-electron chi connectivity index (χ4n) is 2.45. The second-order valence-electron chi connectivity index (χ2n) is 5.35. The fourth-order valence-corrected chi connectivity index (χ4v) is 5.96. The van der Waals surface area contributed by atoms with E-state index < -0.39 is 0 Å². The first-order chi connectivity index (χ1) is 11.7. The molecule has 126 valence electrons. The Hall–Kier alpha value is -0.750. The Morgan fingerprint density at radius 3 is 2.75 bits per heavy atom. The Balaban J connectivity index is 1.77. The molecule has 1 fully saturated rings. The van der Waals surface area contributed by atoms with Crippen molar-refractivity contribution in [3.63, 3.8) is 0 Å². The van der Waals surface area contributed by atoms with E-state index in [1.54, 1.807) is 17.8 Å². The highest BCUT2D eigenvalue weighted by Crippen LogP contribution is 2.44. The fraction of sp³-hybridized carbons (Fsp3) is 0.278. The molecule has 0 radical (unpaired) electrons. The van der Waals surface area contributed by atoms with Crippen molar-refractivity contribution in [2.45, 2.75) is 15.9 Å². The number of carbonyl (C=O) groups excluding carboxylic acids is 1. The zero-order valence-corrected chi connectivity index (χ0v) is 16.5. The summed E-state index contributed by atoms with van der Waals surface area (Å²) in [5.74, 6) is 2.23. The molecule has 0 aliphatic carbocycles. The Morgan fingerprint density at radius 2 is 2.00 bits per heavy atom. The first kappa shape index (κ1) is 18.1. The highest BCUT2D eigenvalue weighted by Gasteiger charge is 2.17.